The lowest BCUT2D eigenvalue weighted by Crippen LogP contribution is -2.33. The van der Waals surface area contributed by atoms with Gasteiger partial charge in [-0.25, -0.2) is 0 Å². The van der Waals surface area contributed by atoms with E-state index >= 15 is 0 Å². The Bertz CT molecular complexity index is 605. The molecule has 102 valence electrons. The molecule has 1 aliphatic rings. The minimum atomic E-state index is -0.377. The lowest BCUT2D eigenvalue weighted by Gasteiger charge is -2.26. The first-order valence-corrected chi connectivity index (χ1v) is 8.20. The molecule has 2 aromatic rings. The molecule has 2 nitrogen and oxygen atoms in total. The summed E-state index contributed by atoms with van der Waals surface area (Å²) in [5, 5.41) is 2.07. The van der Waals surface area contributed by atoms with Gasteiger partial charge in [-0.05, 0) is 51.6 Å². The predicted octanol–water partition coefficient (Wildman–Crippen LogP) is 4.74. The third-order valence-corrected chi connectivity index (χ3v) is 5.88. The molecule has 0 aliphatic carbocycles. The number of carbonyl (C=O) groups excluding carboxylic acids is 1. The van der Waals surface area contributed by atoms with E-state index in [-0.39, 0.29) is 22.9 Å². The molecule has 1 unspecified atom stereocenters. The van der Waals surface area contributed by atoms with E-state index in [4.69, 9.17) is 4.74 Å². The summed E-state index contributed by atoms with van der Waals surface area (Å²) in [6, 6.07) is 4.12. The summed E-state index contributed by atoms with van der Waals surface area (Å²) in [5.74, 6) is 0.194. The van der Waals surface area contributed by atoms with Crippen molar-refractivity contribution in [2.45, 2.75) is 45.3 Å². The summed E-state index contributed by atoms with van der Waals surface area (Å²) in [5.41, 5.74) is -0.587. The molecule has 0 saturated carbocycles. The highest BCUT2D eigenvalue weighted by molar-refractivity contribution is 7.27. The van der Waals surface area contributed by atoms with E-state index in [2.05, 4.69) is 25.3 Å². The van der Waals surface area contributed by atoms with Gasteiger partial charge in [0.25, 0.3) is 0 Å². The fraction of sp³-hybridized carbons (Fsp3) is 0.533. The second kappa shape index (κ2) is 4.14. The quantitative estimate of drug-likeness (QED) is 0.748. The maximum atomic E-state index is 12.8. The van der Waals surface area contributed by atoms with Crippen LogP contribution in [0.15, 0.2) is 17.5 Å². The van der Waals surface area contributed by atoms with Gasteiger partial charge >= 0.3 is 0 Å². The van der Waals surface area contributed by atoms with E-state index in [1.165, 1.54) is 9.40 Å². The van der Waals surface area contributed by atoms with Crippen LogP contribution in [0.5, 0.6) is 0 Å². The molecule has 0 amide bonds. The molecule has 1 fully saturated rings. The highest BCUT2D eigenvalue weighted by Gasteiger charge is 2.49. The Morgan fingerprint density at radius 1 is 1.32 bits per heavy atom. The van der Waals surface area contributed by atoms with Crippen LogP contribution in [-0.4, -0.2) is 17.0 Å². The number of Topliss-reactive ketones (excluding diaryl/α,β-unsaturated/α-hetero) is 1. The van der Waals surface area contributed by atoms with Crippen LogP contribution in [-0.2, 0) is 4.74 Å². The van der Waals surface area contributed by atoms with Gasteiger partial charge in [-0.15, -0.1) is 22.7 Å². The van der Waals surface area contributed by atoms with Crippen LogP contribution in [0.25, 0.3) is 9.40 Å². The largest absolute Gasteiger partial charge is 0.369 e. The van der Waals surface area contributed by atoms with Crippen molar-refractivity contribution in [2.75, 3.05) is 0 Å². The van der Waals surface area contributed by atoms with Crippen molar-refractivity contribution in [2.24, 2.45) is 5.92 Å². The molecule has 1 saturated heterocycles. The molecule has 0 spiro atoms. The predicted molar refractivity (Wildman–Crippen MR) is 81.4 cm³/mol. The Kier molecular flexibility index (Phi) is 2.89. The molecule has 1 aliphatic heterocycles. The zero-order chi connectivity index (χ0) is 13.8. The number of fused-ring (bicyclic) bond motifs is 1. The minimum absolute atomic E-state index is 0.0461. The number of thiophene rings is 2. The minimum Gasteiger partial charge on any atom is -0.369 e. The first-order chi connectivity index (χ1) is 8.78. The van der Waals surface area contributed by atoms with Gasteiger partial charge in [0, 0.05) is 9.40 Å². The molecular formula is C15H18O2S2. The second-order valence-electron chi connectivity index (χ2n) is 6.35. The average Bonchev–Trinajstić information content (AvgIpc) is 2.87. The number of hydrogen-bond donors (Lipinski definition) is 0. The summed E-state index contributed by atoms with van der Waals surface area (Å²) in [6.07, 6.45) is 0.796. The maximum absolute atomic E-state index is 12.8. The van der Waals surface area contributed by atoms with Crippen LogP contribution < -0.4 is 0 Å². The van der Waals surface area contributed by atoms with Crippen molar-refractivity contribution in [3.63, 3.8) is 0 Å². The van der Waals surface area contributed by atoms with Gasteiger partial charge in [0.2, 0.25) is 0 Å². The van der Waals surface area contributed by atoms with E-state index in [1.54, 1.807) is 22.7 Å². The molecule has 4 heteroatoms. The third kappa shape index (κ3) is 2.26. The van der Waals surface area contributed by atoms with Crippen molar-refractivity contribution in [1.29, 1.82) is 0 Å². The number of rotatable bonds is 2. The Hall–Kier alpha value is -0.710. The van der Waals surface area contributed by atoms with E-state index < -0.39 is 0 Å². The fourth-order valence-electron chi connectivity index (χ4n) is 3.03. The number of ketones is 1. The van der Waals surface area contributed by atoms with Crippen molar-refractivity contribution in [3.8, 4) is 0 Å². The van der Waals surface area contributed by atoms with Crippen molar-refractivity contribution < 1.29 is 9.53 Å². The Morgan fingerprint density at radius 3 is 2.63 bits per heavy atom. The molecule has 0 bridgehead atoms. The zero-order valence-electron chi connectivity index (χ0n) is 11.6. The van der Waals surface area contributed by atoms with Gasteiger partial charge in [0.1, 0.15) is 0 Å². The first kappa shape index (κ1) is 13.3. The molecular weight excluding hydrogens is 276 g/mol. The van der Waals surface area contributed by atoms with Crippen LogP contribution in [0, 0.1) is 5.92 Å². The molecule has 0 aromatic carbocycles. The number of carbonyl (C=O) groups is 1. The average molecular weight is 294 g/mol. The zero-order valence-corrected chi connectivity index (χ0v) is 13.3. The van der Waals surface area contributed by atoms with Crippen LogP contribution in [0.1, 0.15) is 43.8 Å². The standard InChI is InChI=1S/C15H18O2S2/c1-14(2)8-9(15(3,4)17-14)13(16)12-7-11-10(19-12)5-6-18-11/h5-7,9H,8H2,1-4H3. The summed E-state index contributed by atoms with van der Waals surface area (Å²) in [4.78, 5) is 13.6. The van der Waals surface area contributed by atoms with Crippen LogP contribution in [0.4, 0.5) is 0 Å². The van der Waals surface area contributed by atoms with Gasteiger partial charge in [-0.1, -0.05) is 0 Å². The molecule has 3 heterocycles. The highest BCUT2D eigenvalue weighted by Crippen LogP contribution is 2.44. The van der Waals surface area contributed by atoms with Gasteiger partial charge in [0.05, 0.1) is 22.0 Å². The molecule has 19 heavy (non-hydrogen) atoms. The molecule has 3 rings (SSSR count). The molecule has 0 N–H and O–H groups in total. The number of hydrogen-bond acceptors (Lipinski definition) is 4. The van der Waals surface area contributed by atoms with E-state index in [1.807, 2.05) is 19.9 Å². The summed E-state index contributed by atoms with van der Waals surface area (Å²) < 4.78 is 8.46. The van der Waals surface area contributed by atoms with E-state index in [9.17, 15) is 4.79 Å². The first-order valence-electron chi connectivity index (χ1n) is 6.50. The van der Waals surface area contributed by atoms with Gasteiger partial charge in [-0.3, -0.25) is 4.79 Å². The van der Waals surface area contributed by atoms with Crippen molar-refractivity contribution >= 4 is 37.9 Å². The third-order valence-electron chi connectivity index (χ3n) is 3.77. The topological polar surface area (TPSA) is 26.3 Å². The summed E-state index contributed by atoms with van der Waals surface area (Å²) in [7, 11) is 0. The normalized spacial score (nSPS) is 24.9. The second-order valence-corrected chi connectivity index (χ2v) is 8.38. The molecule has 2 aromatic heterocycles. The fourth-order valence-corrected chi connectivity index (χ4v) is 5.13. The molecule has 1 atom stereocenters. The van der Waals surface area contributed by atoms with E-state index in [0.29, 0.717) is 0 Å². The maximum Gasteiger partial charge on any atom is 0.178 e. The van der Waals surface area contributed by atoms with Gasteiger partial charge < -0.3 is 4.74 Å². The van der Waals surface area contributed by atoms with Crippen molar-refractivity contribution in [3.05, 3.63) is 22.4 Å². The van der Waals surface area contributed by atoms with Crippen LogP contribution in [0.3, 0.4) is 0 Å². The number of ether oxygens (including phenoxy) is 1. The van der Waals surface area contributed by atoms with Gasteiger partial charge in [0.15, 0.2) is 5.78 Å². The summed E-state index contributed by atoms with van der Waals surface area (Å²) in [6.45, 7) is 8.19. The Morgan fingerprint density at radius 2 is 2.05 bits per heavy atom. The Balaban J connectivity index is 1.94. The van der Waals surface area contributed by atoms with Crippen LogP contribution >= 0.6 is 22.7 Å². The lowest BCUT2D eigenvalue weighted by molar-refractivity contribution is -0.0712. The SMILES string of the molecule is CC1(C)CC(C(=O)c2cc3sccc3s2)C(C)(C)O1. The van der Waals surface area contributed by atoms with Crippen LogP contribution in [0.2, 0.25) is 0 Å². The molecule has 0 radical (unpaired) electrons. The monoisotopic (exact) mass is 294 g/mol. The Labute approximate surface area is 121 Å². The smallest absolute Gasteiger partial charge is 0.178 e. The highest BCUT2D eigenvalue weighted by atomic mass is 32.1. The summed E-state index contributed by atoms with van der Waals surface area (Å²) >= 11 is 3.30. The lowest BCUT2D eigenvalue weighted by atomic mass is 9.83. The van der Waals surface area contributed by atoms with Gasteiger partial charge in [-0.2, -0.15) is 0 Å². The van der Waals surface area contributed by atoms with Crippen molar-refractivity contribution in [1.82, 2.24) is 0 Å². The van der Waals surface area contributed by atoms with E-state index in [0.717, 1.165) is 11.3 Å².